The maximum absolute atomic E-state index is 11.1. The van der Waals surface area contributed by atoms with E-state index in [0.717, 1.165) is 0 Å². The van der Waals surface area contributed by atoms with Crippen LogP contribution in [-0.2, 0) is 22.9 Å². The predicted octanol–water partition coefficient (Wildman–Crippen LogP) is -2.20. The number of hydrogen-bond acceptors (Lipinski definition) is 9. The number of nitrogens with zero attached hydrogens (tertiary/aromatic N) is 2. The first-order valence-corrected chi connectivity index (χ1v) is 9.54. The van der Waals surface area contributed by atoms with Crippen LogP contribution in [0.5, 0.6) is 0 Å². The molecule has 15 heteroatoms. The van der Waals surface area contributed by atoms with Gasteiger partial charge in [0.2, 0.25) is 0 Å². The van der Waals surface area contributed by atoms with Crippen molar-refractivity contribution in [2.75, 3.05) is 13.3 Å². The summed E-state index contributed by atoms with van der Waals surface area (Å²) >= 11 is 0. The smallest absolute Gasteiger partial charge is 0.386 e. The molecular formula is C9H17N3O10P2. The summed E-state index contributed by atoms with van der Waals surface area (Å²) in [5, 5.41) is 10.2. The summed E-state index contributed by atoms with van der Waals surface area (Å²) in [6, 6.07) is 0. The molecule has 13 nitrogen and oxygen atoms in total. The van der Waals surface area contributed by atoms with Gasteiger partial charge in [0.05, 0.1) is 6.61 Å². The van der Waals surface area contributed by atoms with E-state index < -0.39 is 46.8 Å². The van der Waals surface area contributed by atoms with Crippen molar-refractivity contribution in [2.24, 2.45) is 10.7 Å². The van der Waals surface area contributed by atoms with E-state index in [1.54, 1.807) is 0 Å². The summed E-state index contributed by atoms with van der Waals surface area (Å²) in [6.07, 6.45) is -2.77. The lowest BCUT2D eigenvalue weighted by Crippen LogP contribution is -2.43. The van der Waals surface area contributed by atoms with Crippen molar-refractivity contribution >= 4 is 21.5 Å². The molecule has 0 aromatic rings. The number of ether oxygens (including phenoxy) is 1. The van der Waals surface area contributed by atoms with Gasteiger partial charge in [0.15, 0.2) is 6.23 Å². The lowest BCUT2D eigenvalue weighted by atomic mass is 10.1. The Morgan fingerprint density at radius 3 is 2.50 bits per heavy atom. The fourth-order valence-electron chi connectivity index (χ4n) is 2.19. The van der Waals surface area contributed by atoms with Crippen molar-refractivity contribution in [3.8, 4) is 0 Å². The number of aliphatic imine (C=N–C) groups is 1. The van der Waals surface area contributed by atoms with Crippen LogP contribution in [0.3, 0.4) is 0 Å². The molecule has 0 amide bonds. The number of rotatable bonds is 6. The summed E-state index contributed by atoms with van der Waals surface area (Å²) in [7, 11) is -9.86. The van der Waals surface area contributed by atoms with Gasteiger partial charge >= 0.3 is 15.6 Å². The molecule has 4 atom stereocenters. The van der Waals surface area contributed by atoms with Gasteiger partial charge in [-0.1, -0.05) is 0 Å². The van der Waals surface area contributed by atoms with Crippen LogP contribution in [0, 0.1) is 0 Å². The molecule has 2 heterocycles. The summed E-state index contributed by atoms with van der Waals surface area (Å²) in [4.78, 5) is 40.6. The quantitative estimate of drug-likeness (QED) is 0.268. The molecule has 7 N–H and O–H groups in total. The van der Waals surface area contributed by atoms with Gasteiger partial charge in [-0.2, -0.15) is 0 Å². The molecule has 0 bridgehead atoms. The first kappa shape index (κ1) is 19.5. The summed E-state index contributed by atoms with van der Waals surface area (Å²) in [5.41, 5.74) is 5.46. The van der Waals surface area contributed by atoms with E-state index >= 15 is 0 Å². The molecule has 0 aliphatic carbocycles. The molecule has 0 spiro atoms. The Morgan fingerprint density at radius 2 is 2.00 bits per heavy atom. The van der Waals surface area contributed by atoms with E-state index in [4.69, 9.17) is 30.0 Å². The summed E-state index contributed by atoms with van der Waals surface area (Å²) < 4.78 is 36.0. The predicted molar refractivity (Wildman–Crippen MR) is 77.0 cm³/mol. The minimum absolute atomic E-state index is 0.00123. The largest absolute Gasteiger partial charge is 0.470 e. The maximum Gasteiger partial charge on any atom is 0.470 e. The van der Waals surface area contributed by atoms with Crippen LogP contribution in [0.4, 0.5) is 0 Å². The molecule has 2 aliphatic rings. The molecule has 1 saturated heterocycles. The summed E-state index contributed by atoms with van der Waals surface area (Å²) in [6.45, 7) is -0.760. The van der Waals surface area contributed by atoms with E-state index in [0.29, 0.717) is 0 Å². The second kappa shape index (κ2) is 7.18. The minimum atomic E-state index is -5.00. The van der Waals surface area contributed by atoms with Crippen LogP contribution in [0.25, 0.3) is 0 Å². The Bertz CT molecular complexity index is 615. The highest BCUT2D eigenvalue weighted by molar-refractivity contribution is 7.46. The van der Waals surface area contributed by atoms with Crippen LogP contribution in [0.2, 0.25) is 0 Å². The lowest BCUT2D eigenvalue weighted by molar-refractivity contribution is -0.0783. The first-order chi connectivity index (χ1) is 11.0. The van der Waals surface area contributed by atoms with Crippen molar-refractivity contribution in [1.29, 1.82) is 0 Å². The van der Waals surface area contributed by atoms with Gasteiger partial charge in [0.25, 0.3) is 0 Å². The van der Waals surface area contributed by atoms with Crippen LogP contribution in [0.1, 0.15) is 0 Å². The zero-order valence-electron chi connectivity index (χ0n) is 12.0. The molecule has 2 aliphatic heterocycles. The van der Waals surface area contributed by atoms with E-state index in [9.17, 15) is 14.2 Å². The number of aliphatic hydroxyl groups excluding tert-OH is 1. The number of nitrogens with two attached hydrogens (primary N) is 1. The van der Waals surface area contributed by atoms with E-state index in [1.165, 1.54) is 17.2 Å². The molecule has 24 heavy (non-hydrogen) atoms. The maximum atomic E-state index is 11.1. The minimum Gasteiger partial charge on any atom is -0.386 e. The van der Waals surface area contributed by atoms with E-state index in [1.807, 2.05) is 0 Å². The normalized spacial score (nSPS) is 31.4. The van der Waals surface area contributed by atoms with Crippen LogP contribution in [-0.4, -0.2) is 73.2 Å². The molecule has 0 unspecified atom stereocenters. The zero-order chi connectivity index (χ0) is 18.1. The van der Waals surface area contributed by atoms with Gasteiger partial charge < -0.3 is 40.1 Å². The average Bonchev–Trinajstić information content (AvgIpc) is 2.72. The number of hydrogen-bond donors (Lipinski definition) is 6. The number of phosphoric ester groups is 2. The van der Waals surface area contributed by atoms with Crippen molar-refractivity contribution in [2.45, 2.75) is 24.5 Å². The molecule has 0 radical (unpaired) electrons. The molecule has 138 valence electrons. The van der Waals surface area contributed by atoms with Gasteiger partial charge in [-0.05, 0) is 6.08 Å². The molecule has 0 aromatic carbocycles. The first-order valence-electron chi connectivity index (χ1n) is 6.48. The fraction of sp³-hybridized carbons (Fsp3) is 0.667. The van der Waals surface area contributed by atoms with Crippen LogP contribution >= 0.6 is 15.6 Å². The third-order valence-corrected chi connectivity index (χ3v) is 4.16. The van der Waals surface area contributed by atoms with Gasteiger partial charge in [-0.3, -0.25) is 9.05 Å². The van der Waals surface area contributed by atoms with Gasteiger partial charge in [-0.25, -0.2) is 14.1 Å². The van der Waals surface area contributed by atoms with Gasteiger partial charge in [0.1, 0.15) is 30.8 Å². The Balaban J connectivity index is 2.13. The van der Waals surface area contributed by atoms with Crippen LogP contribution < -0.4 is 5.73 Å². The van der Waals surface area contributed by atoms with Crippen LogP contribution in [0.15, 0.2) is 17.3 Å². The third kappa shape index (κ3) is 5.33. The van der Waals surface area contributed by atoms with E-state index in [-0.39, 0.29) is 12.5 Å². The zero-order valence-corrected chi connectivity index (χ0v) is 13.8. The Labute approximate surface area is 135 Å². The van der Waals surface area contributed by atoms with Crippen molar-refractivity contribution in [1.82, 2.24) is 4.90 Å². The number of amidine groups is 1. The lowest BCUT2D eigenvalue weighted by Gasteiger charge is -2.29. The second-order valence-electron chi connectivity index (χ2n) is 4.96. The van der Waals surface area contributed by atoms with Crippen molar-refractivity contribution in [3.05, 3.63) is 12.3 Å². The molecule has 0 saturated carbocycles. The average molecular weight is 389 g/mol. The van der Waals surface area contributed by atoms with Gasteiger partial charge in [0, 0.05) is 6.20 Å². The van der Waals surface area contributed by atoms with Gasteiger partial charge in [-0.15, -0.1) is 0 Å². The summed E-state index contributed by atoms with van der Waals surface area (Å²) in [5.74, 6) is 0.239. The molecule has 1 fully saturated rings. The highest BCUT2D eigenvalue weighted by Crippen LogP contribution is 2.44. The highest BCUT2D eigenvalue weighted by Gasteiger charge is 2.49. The fourth-order valence-corrected chi connectivity index (χ4v) is 3.11. The van der Waals surface area contributed by atoms with E-state index in [2.05, 4.69) is 14.0 Å². The molecule has 0 aromatic heterocycles. The number of phosphoric acid groups is 2. The number of aliphatic hydroxyl groups is 1. The third-order valence-electron chi connectivity index (χ3n) is 3.16. The Morgan fingerprint density at radius 1 is 1.33 bits per heavy atom. The molecular weight excluding hydrogens is 372 g/mol. The highest BCUT2D eigenvalue weighted by atomic mass is 31.2. The van der Waals surface area contributed by atoms with Crippen molar-refractivity contribution in [3.63, 3.8) is 0 Å². The monoisotopic (exact) mass is 389 g/mol. The van der Waals surface area contributed by atoms with Crippen molar-refractivity contribution < 1.29 is 47.6 Å². The SMILES string of the molecule is NC1=NCN([C@@H]2O[C@H](COP(=O)(O)O)[C@@H](OP(=O)(O)O)[C@H]2O)C=C1. The molecule has 2 rings (SSSR count). The standard InChI is InChI=1S/C9H17N3O10P2/c10-6-1-2-12(4-11-6)9-7(13)8(22-24(17,18)19)5(21-9)3-20-23(14,15)16/h1-2,5,7-9,13H,3-4H2,(H2,10,11)(H2,14,15,16)(H2,17,18,19)/t5-,7-,8-,9-/m1/s1. The topological polar surface area (TPSA) is 205 Å². The second-order valence-corrected chi connectivity index (χ2v) is 7.39. The Kier molecular flexibility index (Phi) is 5.83. The Hall–Kier alpha value is -0.850.